The molecule has 0 saturated heterocycles. The number of hydrogen-bond acceptors (Lipinski definition) is 0. The third-order valence-electron chi connectivity index (χ3n) is 0.707. The molecule has 0 bridgehead atoms. The molecule has 1 rings (SSSR count). The third kappa shape index (κ3) is 1.24. The SMILES string of the molecule is [SH2+]c1c[c]ccc1. The fraction of sp³-hybridized carbons (Fsp3) is 0. The van der Waals surface area contributed by atoms with E-state index in [-0.39, 0.29) is 0 Å². The minimum absolute atomic E-state index is 1.07. The maximum absolute atomic E-state index is 3.33. The van der Waals surface area contributed by atoms with Gasteiger partial charge < -0.3 is 0 Å². The molecule has 7 heavy (non-hydrogen) atoms. The molecule has 0 atom stereocenters. The normalized spacial score (nSPS) is 8.71. The van der Waals surface area contributed by atoms with E-state index >= 15 is 0 Å². The summed E-state index contributed by atoms with van der Waals surface area (Å²) in [6.45, 7) is 0. The Hall–Kier alpha value is -0.430. The lowest BCUT2D eigenvalue weighted by molar-refractivity contribution is 1.47. The zero-order valence-corrected chi connectivity index (χ0v) is 4.81. The second-order valence-corrected chi connectivity index (χ2v) is 1.87. The van der Waals surface area contributed by atoms with Crippen molar-refractivity contribution in [1.82, 2.24) is 0 Å². The molecule has 1 radical (unpaired) electrons. The highest BCUT2D eigenvalue weighted by molar-refractivity contribution is 7.58. The van der Waals surface area contributed by atoms with Gasteiger partial charge in [0.15, 0.2) is 4.90 Å². The van der Waals surface area contributed by atoms with Gasteiger partial charge in [-0.05, 0) is 24.8 Å². The van der Waals surface area contributed by atoms with E-state index in [4.69, 9.17) is 0 Å². The first-order chi connectivity index (χ1) is 3.39. The molecule has 35 valence electrons. The van der Waals surface area contributed by atoms with E-state index < -0.39 is 0 Å². The predicted octanol–water partition coefficient (Wildman–Crippen LogP) is 0.857. The summed E-state index contributed by atoms with van der Waals surface area (Å²) < 4.78 is 0. The summed E-state index contributed by atoms with van der Waals surface area (Å²) in [4.78, 5) is 1.07. The summed E-state index contributed by atoms with van der Waals surface area (Å²) in [7, 11) is 0. The van der Waals surface area contributed by atoms with E-state index in [0.29, 0.717) is 0 Å². The molecule has 0 aromatic heterocycles. The minimum atomic E-state index is 1.07. The van der Waals surface area contributed by atoms with E-state index in [1.54, 1.807) is 0 Å². The fourth-order valence-electron chi connectivity index (χ4n) is 0.393. The Kier molecular flexibility index (Phi) is 1.37. The molecule has 0 nitrogen and oxygen atoms in total. The lowest BCUT2D eigenvalue weighted by atomic mass is 10.4. The quantitative estimate of drug-likeness (QED) is 0.434. The van der Waals surface area contributed by atoms with Crippen LogP contribution in [0.2, 0.25) is 0 Å². The molecule has 0 aliphatic heterocycles. The second-order valence-electron chi connectivity index (χ2n) is 1.29. The standard InChI is InChI=1S/C6H5S/c7-6-4-2-1-3-5-6/h1-2,4-5,7H/p+1. The second kappa shape index (κ2) is 2.03. The van der Waals surface area contributed by atoms with Crippen molar-refractivity contribution in [2.75, 3.05) is 0 Å². The summed E-state index contributed by atoms with van der Waals surface area (Å²) in [5.74, 6) is 0. The summed E-state index contributed by atoms with van der Waals surface area (Å²) in [5.41, 5.74) is 0. The van der Waals surface area contributed by atoms with Crippen LogP contribution >= 0.6 is 0 Å². The van der Waals surface area contributed by atoms with Gasteiger partial charge in [0, 0.05) is 6.07 Å². The first kappa shape index (κ1) is 4.72. The molecule has 0 heterocycles. The van der Waals surface area contributed by atoms with Crippen molar-refractivity contribution < 1.29 is 0 Å². The molecule has 0 aliphatic carbocycles. The van der Waals surface area contributed by atoms with E-state index in [1.165, 1.54) is 0 Å². The topological polar surface area (TPSA) is 0 Å². The number of hydrogen-bond donors (Lipinski definition) is 0. The molecule has 1 heteroatoms. The first-order valence-corrected chi connectivity index (χ1v) is 2.57. The van der Waals surface area contributed by atoms with Gasteiger partial charge in [-0.15, -0.1) is 0 Å². The van der Waals surface area contributed by atoms with Crippen LogP contribution in [0.15, 0.2) is 29.2 Å². The molecule has 0 spiro atoms. The van der Waals surface area contributed by atoms with Gasteiger partial charge in [-0.3, -0.25) is 0 Å². The Labute approximate surface area is 48.6 Å². The Balaban J connectivity index is 3.02. The maximum atomic E-state index is 3.33. The van der Waals surface area contributed by atoms with Crippen LogP contribution in [0, 0.1) is 6.07 Å². The van der Waals surface area contributed by atoms with Crippen LogP contribution in [0.5, 0.6) is 0 Å². The molecule has 0 unspecified atom stereocenters. The average molecular weight is 110 g/mol. The van der Waals surface area contributed by atoms with E-state index in [9.17, 15) is 0 Å². The lowest BCUT2D eigenvalue weighted by Crippen LogP contribution is -1.62. The summed E-state index contributed by atoms with van der Waals surface area (Å²) in [6, 6.07) is 10.5. The van der Waals surface area contributed by atoms with Crippen molar-refractivity contribution >= 4 is 12.6 Å². The van der Waals surface area contributed by atoms with E-state index in [0.717, 1.165) is 4.90 Å². The van der Waals surface area contributed by atoms with Gasteiger partial charge in [0.05, 0.1) is 0 Å². The Morgan fingerprint density at radius 1 is 1.57 bits per heavy atom. The largest absolute Gasteiger partial charge is 0.150 e. The molecule has 1 aromatic rings. The first-order valence-electron chi connectivity index (χ1n) is 2.07. The van der Waals surface area contributed by atoms with Crippen LogP contribution < -0.4 is 0 Å². The van der Waals surface area contributed by atoms with Crippen LogP contribution in [-0.2, 0) is 12.6 Å². The highest BCUT2D eigenvalue weighted by Gasteiger charge is 1.81. The smallest absolute Gasteiger partial charge is 0.0567 e. The van der Waals surface area contributed by atoms with Crippen LogP contribution in [0.3, 0.4) is 0 Å². The number of rotatable bonds is 0. The van der Waals surface area contributed by atoms with Crippen molar-refractivity contribution in [3.63, 3.8) is 0 Å². The van der Waals surface area contributed by atoms with Gasteiger partial charge in [-0.2, -0.15) is 0 Å². The molecule has 1 aromatic carbocycles. The molecule has 0 saturated carbocycles. The van der Waals surface area contributed by atoms with Crippen molar-refractivity contribution in [1.29, 1.82) is 0 Å². The van der Waals surface area contributed by atoms with Crippen LogP contribution in [0.4, 0.5) is 0 Å². The van der Waals surface area contributed by atoms with Crippen LogP contribution in [0.25, 0.3) is 0 Å². The zero-order chi connectivity index (χ0) is 5.11. The lowest BCUT2D eigenvalue weighted by Gasteiger charge is -1.74. The van der Waals surface area contributed by atoms with Gasteiger partial charge in [0.25, 0.3) is 0 Å². The van der Waals surface area contributed by atoms with Crippen molar-refractivity contribution in [3.05, 3.63) is 30.3 Å². The summed E-state index contributed by atoms with van der Waals surface area (Å²) in [5, 5.41) is 0. The van der Waals surface area contributed by atoms with E-state index in [1.807, 2.05) is 24.3 Å². The number of benzene rings is 1. The van der Waals surface area contributed by atoms with Crippen molar-refractivity contribution in [2.24, 2.45) is 0 Å². The Morgan fingerprint density at radius 3 is 2.71 bits per heavy atom. The summed E-state index contributed by atoms with van der Waals surface area (Å²) >= 11 is 3.33. The average Bonchev–Trinajstić information content (AvgIpc) is 1.69. The minimum Gasteiger partial charge on any atom is -0.0567 e. The highest BCUT2D eigenvalue weighted by atomic mass is 32.1. The molecule has 0 amide bonds. The van der Waals surface area contributed by atoms with Crippen LogP contribution in [-0.4, -0.2) is 0 Å². The van der Waals surface area contributed by atoms with Gasteiger partial charge >= 0.3 is 0 Å². The molecule has 0 fully saturated rings. The predicted molar refractivity (Wildman–Crippen MR) is 33.7 cm³/mol. The van der Waals surface area contributed by atoms with Gasteiger partial charge in [0.2, 0.25) is 0 Å². The van der Waals surface area contributed by atoms with Gasteiger partial charge in [-0.1, -0.05) is 12.1 Å². The van der Waals surface area contributed by atoms with Crippen LogP contribution in [0.1, 0.15) is 0 Å². The van der Waals surface area contributed by atoms with Gasteiger partial charge in [0.1, 0.15) is 0 Å². The molecular formula is C6H6S+. The van der Waals surface area contributed by atoms with Gasteiger partial charge in [-0.25, -0.2) is 0 Å². The third-order valence-corrected chi connectivity index (χ3v) is 1.02. The monoisotopic (exact) mass is 110 g/mol. The van der Waals surface area contributed by atoms with Crippen molar-refractivity contribution in [2.45, 2.75) is 4.90 Å². The highest BCUT2D eigenvalue weighted by Crippen LogP contribution is 1.92. The summed E-state index contributed by atoms with van der Waals surface area (Å²) in [6.07, 6.45) is 0. The van der Waals surface area contributed by atoms with Crippen molar-refractivity contribution in [3.8, 4) is 0 Å². The Morgan fingerprint density at radius 2 is 2.43 bits per heavy atom. The van der Waals surface area contributed by atoms with E-state index in [2.05, 4.69) is 18.7 Å². The molecule has 0 aliphatic rings. The molecule has 0 N–H and O–H groups in total. The molecular weight excluding hydrogens is 104 g/mol. The Bertz CT molecular complexity index is 134. The maximum Gasteiger partial charge on any atom is 0.150 e. The zero-order valence-electron chi connectivity index (χ0n) is 3.81. The fourth-order valence-corrected chi connectivity index (χ4v) is 0.573.